The van der Waals surface area contributed by atoms with Crippen LogP contribution in [-0.2, 0) is 0 Å². The molecule has 3 heteroatoms. The summed E-state index contributed by atoms with van der Waals surface area (Å²) in [6.07, 6.45) is 1.86. The van der Waals surface area contributed by atoms with Crippen LogP contribution >= 0.6 is 0 Å². The van der Waals surface area contributed by atoms with Crippen LogP contribution in [0.4, 0.5) is 5.82 Å². The summed E-state index contributed by atoms with van der Waals surface area (Å²) in [6.45, 7) is 11.4. The Hall–Kier alpha value is -1.35. The smallest absolute Gasteiger partial charge is 0.128 e. The molecule has 0 amide bonds. The van der Waals surface area contributed by atoms with Gasteiger partial charge >= 0.3 is 0 Å². The highest BCUT2D eigenvalue weighted by atomic mass is 15.3. The Balaban J connectivity index is 1.88. The molecule has 0 unspecified atom stereocenters. The van der Waals surface area contributed by atoms with Gasteiger partial charge in [0.05, 0.1) is 0 Å². The van der Waals surface area contributed by atoms with Gasteiger partial charge in [-0.2, -0.15) is 0 Å². The highest BCUT2D eigenvalue weighted by Gasteiger charge is 2.17. The quantitative estimate of drug-likeness (QED) is 0.719. The molecule has 1 saturated heterocycles. The van der Waals surface area contributed by atoms with Crippen LogP contribution in [0.3, 0.4) is 0 Å². The van der Waals surface area contributed by atoms with E-state index in [9.17, 15) is 0 Å². The minimum Gasteiger partial charge on any atom is -0.354 e. The van der Waals surface area contributed by atoms with Crippen LogP contribution in [-0.4, -0.2) is 42.6 Å². The molecular formula is C13H19N3. The van der Waals surface area contributed by atoms with Gasteiger partial charge < -0.3 is 4.90 Å². The Kier molecular flexibility index (Phi) is 3.57. The summed E-state index contributed by atoms with van der Waals surface area (Å²) < 4.78 is 0. The van der Waals surface area contributed by atoms with Crippen LogP contribution in [0.2, 0.25) is 0 Å². The fourth-order valence-corrected chi connectivity index (χ4v) is 2.06. The minimum atomic E-state index is 1.02. The van der Waals surface area contributed by atoms with Crippen molar-refractivity contribution in [2.75, 3.05) is 37.6 Å². The van der Waals surface area contributed by atoms with E-state index in [1.807, 2.05) is 18.3 Å². The Morgan fingerprint density at radius 2 is 2.06 bits per heavy atom. The molecule has 16 heavy (non-hydrogen) atoms. The molecule has 0 saturated carbocycles. The van der Waals surface area contributed by atoms with Crippen LogP contribution in [0, 0.1) is 0 Å². The monoisotopic (exact) mass is 217 g/mol. The van der Waals surface area contributed by atoms with Crippen LogP contribution in [0.1, 0.15) is 6.92 Å². The van der Waals surface area contributed by atoms with Crippen molar-refractivity contribution in [3.05, 3.63) is 36.5 Å². The molecule has 0 atom stereocenters. The zero-order valence-corrected chi connectivity index (χ0v) is 9.89. The molecule has 1 aliphatic rings. The summed E-state index contributed by atoms with van der Waals surface area (Å²) in [6, 6.07) is 6.08. The van der Waals surface area contributed by atoms with Crippen molar-refractivity contribution in [3.63, 3.8) is 0 Å². The Morgan fingerprint density at radius 1 is 1.31 bits per heavy atom. The van der Waals surface area contributed by atoms with Crippen molar-refractivity contribution in [1.82, 2.24) is 9.88 Å². The molecular weight excluding hydrogens is 198 g/mol. The number of piperazine rings is 1. The summed E-state index contributed by atoms with van der Waals surface area (Å²) in [5.41, 5.74) is 1.24. The van der Waals surface area contributed by atoms with Gasteiger partial charge in [-0.25, -0.2) is 4.98 Å². The van der Waals surface area contributed by atoms with Crippen LogP contribution in [0.25, 0.3) is 0 Å². The average molecular weight is 217 g/mol. The van der Waals surface area contributed by atoms with E-state index in [2.05, 4.69) is 34.4 Å². The maximum atomic E-state index is 4.38. The molecule has 3 nitrogen and oxygen atoms in total. The number of nitrogens with zero attached hydrogens (tertiary/aromatic N) is 3. The van der Waals surface area contributed by atoms with E-state index in [0.717, 1.165) is 38.5 Å². The minimum absolute atomic E-state index is 1.02. The molecule has 0 N–H and O–H groups in total. The van der Waals surface area contributed by atoms with Crippen molar-refractivity contribution >= 4 is 5.82 Å². The first-order chi connectivity index (χ1) is 7.75. The molecule has 1 aromatic rings. The van der Waals surface area contributed by atoms with Gasteiger partial charge in [0.25, 0.3) is 0 Å². The van der Waals surface area contributed by atoms with Gasteiger partial charge in [-0.15, -0.1) is 0 Å². The van der Waals surface area contributed by atoms with E-state index in [1.54, 1.807) is 0 Å². The number of pyridine rings is 1. The van der Waals surface area contributed by atoms with E-state index < -0.39 is 0 Å². The fraction of sp³-hybridized carbons (Fsp3) is 0.462. The molecule has 0 radical (unpaired) electrons. The molecule has 86 valence electrons. The molecule has 1 aliphatic heterocycles. The van der Waals surface area contributed by atoms with E-state index in [1.165, 1.54) is 5.57 Å². The largest absolute Gasteiger partial charge is 0.354 e. The second kappa shape index (κ2) is 5.12. The van der Waals surface area contributed by atoms with E-state index in [4.69, 9.17) is 0 Å². The summed E-state index contributed by atoms with van der Waals surface area (Å²) in [7, 11) is 0. The first kappa shape index (κ1) is 11.1. The highest BCUT2D eigenvalue weighted by Crippen LogP contribution is 2.12. The Labute approximate surface area is 97.4 Å². The van der Waals surface area contributed by atoms with Crippen LogP contribution in [0.5, 0.6) is 0 Å². The third-order valence-electron chi connectivity index (χ3n) is 2.84. The predicted molar refractivity (Wildman–Crippen MR) is 67.7 cm³/mol. The molecule has 0 bridgehead atoms. The van der Waals surface area contributed by atoms with Gasteiger partial charge in [-0.05, 0) is 19.1 Å². The zero-order valence-electron chi connectivity index (χ0n) is 9.89. The molecule has 0 aliphatic carbocycles. The van der Waals surface area contributed by atoms with Crippen molar-refractivity contribution in [2.45, 2.75) is 6.92 Å². The summed E-state index contributed by atoms with van der Waals surface area (Å²) in [4.78, 5) is 9.17. The summed E-state index contributed by atoms with van der Waals surface area (Å²) >= 11 is 0. The van der Waals surface area contributed by atoms with Gasteiger partial charge in [0.1, 0.15) is 5.82 Å². The van der Waals surface area contributed by atoms with Gasteiger partial charge in [0.15, 0.2) is 0 Å². The molecule has 2 rings (SSSR count). The summed E-state index contributed by atoms with van der Waals surface area (Å²) in [5.74, 6) is 1.09. The van der Waals surface area contributed by atoms with Gasteiger partial charge in [-0.1, -0.05) is 18.2 Å². The lowest BCUT2D eigenvalue weighted by atomic mass is 10.2. The fourth-order valence-electron chi connectivity index (χ4n) is 2.06. The van der Waals surface area contributed by atoms with E-state index in [0.29, 0.717) is 0 Å². The SMILES string of the molecule is C=C(C)CN1CCN(c2ccccn2)CC1. The van der Waals surface area contributed by atoms with Gasteiger partial charge in [0.2, 0.25) is 0 Å². The number of anilines is 1. The maximum absolute atomic E-state index is 4.38. The van der Waals surface area contributed by atoms with Gasteiger partial charge in [0, 0.05) is 38.9 Å². The van der Waals surface area contributed by atoms with Crippen molar-refractivity contribution in [2.24, 2.45) is 0 Å². The molecule has 2 heterocycles. The number of hydrogen-bond donors (Lipinski definition) is 0. The highest BCUT2D eigenvalue weighted by molar-refractivity contribution is 5.38. The Bertz CT molecular complexity index is 339. The lowest BCUT2D eigenvalue weighted by molar-refractivity contribution is 0.278. The maximum Gasteiger partial charge on any atom is 0.128 e. The molecule has 1 aromatic heterocycles. The third kappa shape index (κ3) is 2.83. The molecule has 0 spiro atoms. The van der Waals surface area contributed by atoms with Crippen molar-refractivity contribution in [3.8, 4) is 0 Å². The normalized spacial score (nSPS) is 17.4. The Morgan fingerprint density at radius 3 is 2.62 bits per heavy atom. The summed E-state index contributed by atoms with van der Waals surface area (Å²) in [5, 5.41) is 0. The van der Waals surface area contributed by atoms with Crippen LogP contribution < -0.4 is 4.90 Å². The second-order valence-electron chi connectivity index (χ2n) is 4.41. The lowest BCUT2D eigenvalue weighted by Crippen LogP contribution is -2.47. The number of rotatable bonds is 3. The van der Waals surface area contributed by atoms with Crippen molar-refractivity contribution < 1.29 is 0 Å². The molecule has 0 aromatic carbocycles. The lowest BCUT2D eigenvalue weighted by Gasteiger charge is -2.35. The van der Waals surface area contributed by atoms with Crippen LogP contribution in [0.15, 0.2) is 36.5 Å². The first-order valence-electron chi connectivity index (χ1n) is 5.78. The average Bonchev–Trinajstić information content (AvgIpc) is 2.30. The second-order valence-corrected chi connectivity index (χ2v) is 4.41. The topological polar surface area (TPSA) is 19.4 Å². The molecule has 1 fully saturated rings. The standard InChI is InChI=1S/C13H19N3/c1-12(2)11-15-7-9-16(10-8-15)13-5-3-4-6-14-13/h3-6H,1,7-11H2,2H3. The van der Waals surface area contributed by atoms with E-state index in [-0.39, 0.29) is 0 Å². The van der Waals surface area contributed by atoms with E-state index >= 15 is 0 Å². The zero-order chi connectivity index (χ0) is 11.4. The number of aromatic nitrogens is 1. The van der Waals surface area contributed by atoms with Gasteiger partial charge in [-0.3, -0.25) is 4.90 Å². The first-order valence-corrected chi connectivity index (χ1v) is 5.78. The predicted octanol–water partition coefficient (Wildman–Crippen LogP) is 1.78. The van der Waals surface area contributed by atoms with Crippen molar-refractivity contribution in [1.29, 1.82) is 0 Å². The third-order valence-corrected chi connectivity index (χ3v) is 2.84. The number of hydrogen-bond acceptors (Lipinski definition) is 3.